The molecule has 0 aliphatic rings. The van der Waals surface area contributed by atoms with Gasteiger partial charge in [0.2, 0.25) is 5.91 Å². The Morgan fingerprint density at radius 2 is 1.55 bits per heavy atom. The van der Waals surface area contributed by atoms with E-state index in [0.717, 1.165) is 0 Å². The van der Waals surface area contributed by atoms with E-state index in [1.165, 1.54) is 10.6 Å². The van der Waals surface area contributed by atoms with Gasteiger partial charge in [-0.2, -0.15) is 12.6 Å². The first-order valence-corrected chi connectivity index (χ1v) is 10.3. The Morgan fingerprint density at radius 1 is 0.935 bits per heavy atom. The highest BCUT2D eigenvalue weighted by atomic mass is 35.5. The van der Waals surface area contributed by atoms with Crippen LogP contribution >= 0.6 is 24.2 Å². The van der Waals surface area contributed by atoms with Crippen molar-refractivity contribution in [3.8, 4) is 5.69 Å². The van der Waals surface area contributed by atoms with Gasteiger partial charge < -0.3 is 16.0 Å². The Hall–Kier alpha value is -3.23. The second-order valence-corrected chi connectivity index (χ2v) is 8.02. The summed E-state index contributed by atoms with van der Waals surface area (Å²) < 4.78 is 1.49. The fourth-order valence-corrected chi connectivity index (χ4v) is 3.15. The maximum atomic E-state index is 12.7. The molecule has 3 amide bonds. The molecule has 0 saturated heterocycles. The summed E-state index contributed by atoms with van der Waals surface area (Å²) >= 11 is 10.2. The van der Waals surface area contributed by atoms with Crippen molar-refractivity contribution >= 4 is 47.5 Å². The lowest BCUT2D eigenvalue weighted by Crippen LogP contribution is -2.49. The van der Waals surface area contributed by atoms with E-state index in [1.54, 1.807) is 73.8 Å². The van der Waals surface area contributed by atoms with Crippen LogP contribution < -0.4 is 21.5 Å². The summed E-state index contributed by atoms with van der Waals surface area (Å²) in [7, 11) is 0. The third kappa shape index (κ3) is 6.13. The first-order valence-electron chi connectivity index (χ1n) is 9.43. The van der Waals surface area contributed by atoms with Crippen molar-refractivity contribution in [2.75, 3.05) is 10.6 Å². The van der Waals surface area contributed by atoms with Crippen molar-refractivity contribution in [2.24, 2.45) is 0 Å². The van der Waals surface area contributed by atoms with Crippen LogP contribution in [0.4, 0.5) is 16.2 Å². The van der Waals surface area contributed by atoms with Crippen molar-refractivity contribution in [2.45, 2.75) is 18.2 Å². The Morgan fingerprint density at radius 3 is 2.16 bits per heavy atom. The fraction of sp³-hybridized carbons (Fsp3) is 0.136. The van der Waals surface area contributed by atoms with Gasteiger partial charge in [-0.3, -0.25) is 14.2 Å². The van der Waals surface area contributed by atoms with E-state index < -0.39 is 23.2 Å². The van der Waals surface area contributed by atoms with Crippen molar-refractivity contribution in [3.05, 3.63) is 88.3 Å². The molecule has 2 atom stereocenters. The van der Waals surface area contributed by atoms with Crippen LogP contribution in [0.15, 0.2) is 77.7 Å². The molecule has 31 heavy (non-hydrogen) atoms. The van der Waals surface area contributed by atoms with Crippen LogP contribution in [0, 0.1) is 0 Å². The molecule has 2 aromatic carbocycles. The zero-order valence-electron chi connectivity index (χ0n) is 16.6. The third-order valence-electron chi connectivity index (χ3n) is 4.39. The van der Waals surface area contributed by atoms with Gasteiger partial charge in [-0.15, -0.1) is 0 Å². The number of thiol groups is 1. The molecular formula is C22H21ClN4O3S. The molecule has 9 heteroatoms. The van der Waals surface area contributed by atoms with Crippen LogP contribution in [0.3, 0.4) is 0 Å². The first kappa shape index (κ1) is 22.5. The average molecular weight is 457 g/mol. The maximum absolute atomic E-state index is 12.7. The van der Waals surface area contributed by atoms with Gasteiger partial charge in [-0.05, 0) is 54.6 Å². The van der Waals surface area contributed by atoms with E-state index in [1.807, 2.05) is 0 Å². The predicted molar refractivity (Wildman–Crippen MR) is 127 cm³/mol. The number of rotatable bonds is 6. The topological polar surface area (TPSA) is 92.2 Å². The average Bonchev–Trinajstić information content (AvgIpc) is 2.74. The van der Waals surface area contributed by atoms with Gasteiger partial charge >= 0.3 is 6.03 Å². The number of amides is 3. The van der Waals surface area contributed by atoms with Crippen LogP contribution in [-0.4, -0.2) is 27.8 Å². The second kappa shape index (κ2) is 10.2. The summed E-state index contributed by atoms with van der Waals surface area (Å²) in [5.41, 5.74) is 1.58. The van der Waals surface area contributed by atoms with Gasteiger partial charge in [0.25, 0.3) is 5.56 Å². The number of carbonyl (C=O) groups excluding carboxylic acids is 2. The summed E-state index contributed by atoms with van der Waals surface area (Å²) in [6.07, 6.45) is 1.66. The van der Waals surface area contributed by atoms with Crippen LogP contribution in [-0.2, 0) is 4.79 Å². The molecule has 0 aliphatic carbocycles. The summed E-state index contributed by atoms with van der Waals surface area (Å²) in [4.78, 5) is 37.0. The molecule has 0 fully saturated rings. The standard InChI is InChI=1S/C22H21ClN4O3S/c1-14(31)20(26-22(30)25-17-7-5-15(23)6-8-17)21(29)24-16-9-11-18(12-10-16)27-13-3-2-4-19(27)28/h2-14,20,31H,1H3,(H,24,29)(H2,25,26,30). The number of carbonyl (C=O) groups is 2. The van der Waals surface area contributed by atoms with E-state index in [0.29, 0.717) is 22.1 Å². The van der Waals surface area contributed by atoms with Gasteiger partial charge in [-0.25, -0.2) is 4.79 Å². The van der Waals surface area contributed by atoms with Crippen LogP contribution in [0.5, 0.6) is 0 Å². The van der Waals surface area contributed by atoms with E-state index >= 15 is 0 Å². The molecule has 160 valence electrons. The molecule has 1 heterocycles. The number of pyridine rings is 1. The molecule has 0 saturated carbocycles. The number of aromatic nitrogens is 1. The highest BCUT2D eigenvalue weighted by Gasteiger charge is 2.25. The van der Waals surface area contributed by atoms with Crippen LogP contribution in [0.1, 0.15) is 6.92 Å². The smallest absolute Gasteiger partial charge is 0.319 e. The molecule has 1 aromatic heterocycles. The SMILES string of the molecule is CC(S)C(NC(=O)Nc1ccc(Cl)cc1)C(=O)Nc1ccc(-n2ccccc2=O)cc1. The molecule has 0 spiro atoms. The second-order valence-electron chi connectivity index (χ2n) is 6.77. The quantitative estimate of drug-likeness (QED) is 0.423. The maximum Gasteiger partial charge on any atom is 0.319 e. The van der Waals surface area contributed by atoms with Crippen molar-refractivity contribution in [1.82, 2.24) is 9.88 Å². The fourth-order valence-electron chi connectivity index (χ4n) is 2.81. The molecule has 0 radical (unpaired) electrons. The van der Waals surface area contributed by atoms with E-state index in [4.69, 9.17) is 11.6 Å². The molecule has 3 rings (SSSR count). The van der Waals surface area contributed by atoms with Crippen LogP contribution in [0.2, 0.25) is 5.02 Å². The van der Waals surface area contributed by atoms with Gasteiger partial charge in [0.05, 0.1) is 0 Å². The lowest BCUT2D eigenvalue weighted by molar-refractivity contribution is -0.117. The normalized spacial score (nSPS) is 12.5. The molecule has 0 bridgehead atoms. The molecular weight excluding hydrogens is 436 g/mol. The zero-order chi connectivity index (χ0) is 22.4. The lowest BCUT2D eigenvalue weighted by Gasteiger charge is -2.21. The summed E-state index contributed by atoms with van der Waals surface area (Å²) in [6, 6.07) is 16.9. The number of hydrogen-bond donors (Lipinski definition) is 4. The van der Waals surface area contributed by atoms with E-state index in [2.05, 4.69) is 28.6 Å². The van der Waals surface area contributed by atoms with Gasteiger partial charge in [0.1, 0.15) is 6.04 Å². The Kier molecular flexibility index (Phi) is 7.38. The van der Waals surface area contributed by atoms with Crippen molar-refractivity contribution in [3.63, 3.8) is 0 Å². The summed E-state index contributed by atoms with van der Waals surface area (Å²) in [5, 5.41) is 8.14. The van der Waals surface area contributed by atoms with E-state index in [9.17, 15) is 14.4 Å². The monoisotopic (exact) mass is 456 g/mol. The highest BCUT2D eigenvalue weighted by Crippen LogP contribution is 2.15. The van der Waals surface area contributed by atoms with Gasteiger partial charge in [0, 0.05) is 39.6 Å². The first-order chi connectivity index (χ1) is 14.8. The Labute approximate surface area is 189 Å². The summed E-state index contributed by atoms with van der Waals surface area (Å²) in [5.74, 6) is -0.418. The van der Waals surface area contributed by atoms with Gasteiger partial charge in [0.15, 0.2) is 0 Å². The third-order valence-corrected chi connectivity index (χ3v) is 4.94. The number of nitrogens with one attached hydrogen (secondary N) is 3. The highest BCUT2D eigenvalue weighted by molar-refractivity contribution is 7.81. The van der Waals surface area contributed by atoms with Crippen molar-refractivity contribution in [1.29, 1.82) is 0 Å². The van der Waals surface area contributed by atoms with Crippen molar-refractivity contribution < 1.29 is 9.59 Å². The number of halogens is 1. The number of urea groups is 1. The Bertz CT molecular complexity index is 1110. The van der Waals surface area contributed by atoms with Crippen LogP contribution in [0.25, 0.3) is 5.69 Å². The number of hydrogen-bond acceptors (Lipinski definition) is 4. The number of anilines is 2. The Balaban J connectivity index is 1.65. The molecule has 0 aliphatic heterocycles. The minimum atomic E-state index is -0.882. The van der Waals surface area contributed by atoms with Gasteiger partial charge in [-0.1, -0.05) is 24.6 Å². The predicted octanol–water partition coefficient (Wildman–Crippen LogP) is 3.94. The molecule has 2 unspecified atom stereocenters. The largest absolute Gasteiger partial charge is 0.325 e. The minimum absolute atomic E-state index is 0.154. The number of benzene rings is 2. The number of nitrogens with zero attached hydrogens (tertiary/aromatic N) is 1. The molecule has 3 N–H and O–H groups in total. The lowest BCUT2D eigenvalue weighted by atomic mass is 10.2. The van der Waals surface area contributed by atoms with E-state index in [-0.39, 0.29) is 5.56 Å². The zero-order valence-corrected chi connectivity index (χ0v) is 18.2. The minimum Gasteiger partial charge on any atom is -0.325 e. The molecule has 7 nitrogen and oxygen atoms in total. The summed E-state index contributed by atoms with van der Waals surface area (Å²) in [6.45, 7) is 1.71. The molecule has 3 aromatic rings.